The van der Waals surface area contributed by atoms with Crippen LogP contribution in [0.5, 0.6) is 11.5 Å². The summed E-state index contributed by atoms with van der Waals surface area (Å²) in [5.74, 6) is 0.902. The maximum Gasteiger partial charge on any atom is 0.147 e. The van der Waals surface area contributed by atoms with Crippen molar-refractivity contribution in [3.05, 3.63) is 55.4 Å². The highest BCUT2D eigenvalue weighted by Gasteiger charge is 2.20. The van der Waals surface area contributed by atoms with Gasteiger partial charge in [-0.15, -0.1) is 0 Å². The van der Waals surface area contributed by atoms with Crippen molar-refractivity contribution in [3.63, 3.8) is 0 Å². The molecule has 1 atom stereocenters. The molecule has 0 radical (unpaired) electrons. The summed E-state index contributed by atoms with van der Waals surface area (Å²) >= 11 is 13.0. The summed E-state index contributed by atoms with van der Waals surface area (Å²) in [4.78, 5) is 0. The summed E-state index contributed by atoms with van der Waals surface area (Å²) in [5, 5.41) is 11.0. The van der Waals surface area contributed by atoms with Crippen LogP contribution >= 0.6 is 43.5 Å². The minimum atomic E-state index is -0.864. The molecule has 3 nitrogen and oxygen atoms in total. The molecule has 21 heavy (non-hydrogen) atoms. The first-order valence-corrected chi connectivity index (χ1v) is 7.98. The van der Waals surface area contributed by atoms with Gasteiger partial charge in [0.05, 0.1) is 14.2 Å². The van der Waals surface area contributed by atoms with E-state index in [0.717, 1.165) is 14.5 Å². The molecule has 2 aromatic rings. The van der Waals surface area contributed by atoms with Crippen molar-refractivity contribution in [1.82, 2.24) is 0 Å². The standard InChI is InChI=1S/C15H13Br2ClO3/c1-20-12-4-3-11(15(21-2)13(12)18)14(19)8-5-9(16)7-10(17)6-8/h3-7,14,19H,1-2H3. The topological polar surface area (TPSA) is 38.7 Å². The Morgan fingerprint density at radius 2 is 1.67 bits per heavy atom. The molecular weight excluding hydrogens is 423 g/mol. The van der Waals surface area contributed by atoms with Gasteiger partial charge in [-0.2, -0.15) is 0 Å². The van der Waals surface area contributed by atoms with E-state index in [-0.39, 0.29) is 0 Å². The minimum absolute atomic E-state index is 0.339. The molecule has 0 aliphatic carbocycles. The molecule has 1 unspecified atom stereocenters. The molecule has 2 rings (SSSR count). The van der Waals surface area contributed by atoms with Crippen LogP contribution in [0.2, 0.25) is 5.02 Å². The summed E-state index contributed by atoms with van der Waals surface area (Å²) in [6, 6.07) is 9.02. The van der Waals surface area contributed by atoms with Crippen molar-refractivity contribution in [2.75, 3.05) is 14.2 Å². The molecular formula is C15H13Br2ClO3. The van der Waals surface area contributed by atoms with E-state index in [2.05, 4.69) is 31.9 Å². The van der Waals surface area contributed by atoms with Gasteiger partial charge in [-0.1, -0.05) is 43.5 Å². The van der Waals surface area contributed by atoms with Crippen LogP contribution in [0, 0.1) is 0 Å². The minimum Gasteiger partial charge on any atom is -0.495 e. The van der Waals surface area contributed by atoms with Crippen molar-refractivity contribution in [1.29, 1.82) is 0 Å². The Kier molecular flexibility index (Phi) is 5.54. The van der Waals surface area contributed by atoms with E-state index in [4.69, 9.17) is 21.1 Å². The van der Waals surface area contributed by atoms with Gasteiger partial charge in [-0.25, -0.2) is 0 Å². The molecule has 0 spiro atoms. The van der Waals surface area contributed by atoms with Crippen LogP contribution in [-0.2, 0) is 0 Å². The SMILES string of the molecule is COc1ccc(C(O)c2cc(Br)cc(Br)c2)c(OC)c1Cl. The molecule has 0 saturated heterocycles. The summed E-state index contributed by atoms with van der Waals surface area (Å²) < 4.78 is 12.2. The van der Waals surface area contributed by atoms with Crippen LogP contribution < -0.4 is 9.47 Å². The molecule has 0 aromatic heterocycles. The second-order valence-corrected chi connectivity index (χ2v) is 6.52. The zero-order valence-corrected chi connectivity index (χ0v) is 15.3. The summed E-state index contributed by atoms with van der Waals surface area (Å²) in [7, 11) is 3.04. The largest absolute Gasteiger partial charge is 0.495 e. The van der Waals surface area contributed by atoms with E-state index in [9.17, 15) is 5.11 Å². The third-order valence-corrected chi connectivity index (χ3v) is 4.28. The number of ether oxygens (including phenoxy) is 2. The predicted octanol–water partition coefficient (Wildman–Crippen LogP) is 4.96. The third-order valence-electron chi connectivity index (χ3n) is 3.01. The first-order chi connectivity index (χ1) is 9.97. The fourth-order valence-corrected chi connectivity index (χ4v) is 3.70. The Hall–Kier alpha value is -0.750. The van der Waals surface area contributed by atoms with Gasteiger partial charge in [0.25, 0.3) is 0 Å². The van der Waals surface area contributed by atoms with Gasteiger partial charge in [-0.05, 0) is 35.9 Å². The monoisotopic (exact) mass is 434 g/mol. The summed E-state index contributed by atoms with van der Waals surface area (Å²) in [5.41, 5.74) is 1.30. The molecule has 1 N–H and O–H groups in total. The second-order valence-electron chi connectivity index (χ2n) is 4.31. The first-order valence-electron chi connectivity index (χ1n) is 6.02. The van der Waals surface area contributed by atoms with Crippen LogP contribution in [0.1, 0.15) is 17.2 Å². The highest BCUT2D eigenvalue weighted by Crippen LogP contribution is 2.41. The first kappa shape index (κ1) is 16.6. The molecule has 6 heteroatoms. The van der Waals surface area contributed by atoms with E-state index < -0.39 is 6.10 Å². The number of rotatable bonds is 4. The van der Waals surface area contributed by atoms with Gasteiger partial charge < -0.3 is 14.6 Å². The summed E-state index contributed by atoms with van der Waals surface area (Å²) in [6.45, 7) is 0. The number of aliphatic hydroxyl groups excluding tert-OH is 1. The quantitative estimate of drug-likeness (QED) is 0.736. The number of hydrogen-bond donors (Lipinski definition) is 1. The zero-order valence-electron chi connectivity index (χ0n) is 11.4. The van der Waals surface area contributed by atoms with Crippen LogP contribution in [0.25, 0.3) is 0 Å². The fraction of sp³-hybridized carbons (Fsp3) is 0.200. The van der Waals surface area contributed by atoms with Crippen LogP contribution in [-0.4, -0.2) is 19.3 Å². The van der Waals surface area contributed by atoms with Crippen molar-refractivity contribution >= 4 is 43.5 Å². The highest BCUT2D eigenvalue weighted by atomic mass is 79.9. The van der Waals surface area contributed by atoms with Gasteiger partial charge in [0, 0.05) is 14.5 Å². The Balaban J connectivity index is 2.52. The van der Waals surface area contributed by atoms with Crippen LogP contribution in [0.3, 0.4) is 0 Å². The highest BCUT2D eigenvalue weighted by molar-refractivity contribution is 9.11. The van der Waals surface area contributed by atoms with E-state index >= 15 is 0 Å². The Labute approximate surface area is 145 Å². The van der Waals surface area contributed by atoms with Crippen molar-refractivity contribution < 1.29 is 14.6 Å². The average molecular weight is 437 g/mol. The van der Waals surface area contributed by atoms with Gasteiger partial charge in [0.1, 0.15) is 22.6 Å². The Morgan fingerprint density at radius 1 is 1.05 bits per heavy atom. The van der Waals surface area contributed by atoms with Gasteiger partial charge in [-0.3, -0.25) is 0 Å². The number of methoxy groups -OCH3 is 2. The molecule has 0 fully saturated rings. The maximum atomic E-state index is 10.6. The van der Waals surface area contributed by atoms with Crippen LogP contribution in [0.15, 0.2) is 39.3 Å². The number of halogens is 3. The van der Waals surface area contributed by atoms with E-state index in [0.29, 0.717) is 22.1 Å². The van der Waals surface area contributed by atoms with Gasteiger partial charge in [0.15, 0.2) is 0 Å². The fourth-order valence-electron chi connectivity index (χ4n) is 2.05. The normalized spacial score (nSPS) is 12.1. The third kappa shape index (κ3) is 3.54. The Bertz CT molecular complexity index is 641. The van der Waals surface area contributed by atoms with Crippen molar-refractivity contribution in [2.45, 2.75) is 6.10 Å². The lowest BCUT2D eigenvalue weighted by Crippen LogP contribution is -2.04. The smallest absolute Gasteiger partial charge is 0.147 e. The molecule has 0 bridgehead atoms. The molecule has 0 aliphatic heterocycles. The molecule has 0 aliphatic rings. The molecule has 112 valence electrons. The molecule has 0 amide bonds. The van der Waals surface area contributed by atoms with E-state index in [1.807, 2.05) is 18.2 Å². The average Bonchev–Trinajstić information content (AvgIpc) is 2.45. The Morgan fingerprint density at radius 3 is 2.19 bits per heavy atom. The molecule has 0 heterocycles. The zero-order chi connectivity index (χ0) is 15.6. The summed E-state index contributed by atoms with van der Waals surface area (Å²) in [6.07, 6.45) is -0.864. The maximum absolute atomic E-state index is 10.6. The lowest BCUT2D eigenvalue weighted by Gasteiger charge is -2.18. The van der Waals surface area contributed by atoms with E-state index in [1.54, 1.807) is 12.1 Å². The predicted molar refractivity (Wildman–Crippen MR) is 90.5 cm³/mol. The number of aliphatic hydroxyl groups is 1. The van der Waals surface area contributed by atoms with Crippen molar-refractivity contribution in [2.24, 2.45) is 0 Å². The lowest BCUT2D eigenvalue weighted by atomic mass is 10.0. The lowest BCUT2D eigenvalue weighted by molar-refractivity contribution is 0.214. The second kappa shape index (κ2) is 7.01. The number of benzene rings is 2. The van der Waals surface area contributed by atoms with Gasteiger partial charge in [0.2, 0.25) is 0 Å². The molecule has 2 aromatic carbocycles. The molecule has 0 saturated carbocycles. The number of hydrogen-bond acceptors (Lipinski definition) is 3. The van der Waals surface area contributed by atoms with Gasteiger partial charge >= 0.3 is 0 Å². The van der Waals surface area contributed by atoms with E-state index in [1.165, 1.54) is 14.2 Å². The van der Waals surface area contributed by atoms with Crippen molar-refractivity contribution in [3.8, 4) is 11.5 Å². The van der Waals surface area contributed by atoms with Crippen LogP contribution in [0.4, 0.5) is 0 Å².